The van der Waals surface area contributed by atoms with Gasteiger partial charge in [-0.15, -0.1) is 0 Å². The van der Waals surface area contributed by atoms with Gasteiger partial charge in [0.25, 0.3) is 5.56 Å². The lowest BCUT2D eigenvalue weighted by atomic mass is 9.97. The zero-order chi connectivity index (χ0) is 24.2. The third-order valence-electron chi connectivity index (χ3n) is 5.83. The van der Waals surface area contributed by atoms with Crippen LogP contribution in [0.25, 0.3) is 10.3 Å². The van der Waals surface area contributed by atoms with Crippen LogP contribution in [0.4, 0.5) is 10.8 Å². The maximum absolute atomic E-state index is 13.0. The molecule has 2 N–H and O–H groups in total. The number of aromatic nitrogens is 3. The maximum Gasteiger partial charge on any atom is 0.273 e. The molecule has 0 bridgehead atoms. The molecule has 1 saturated heterocycles. The van der Waals surface area contributed by atoms with Gasteiger partial charge in [-0.1, -0.05) is 30.4 Å². The van der Waals surface area contributed by atoms with Gasteiger partial charge in [0.2, 0.25) is 11.8 Å². The summed E-state index contributed by atoms with van der Waals surface area (Å²) in [4.78, 5) is 48.9. The Balaban J connectivity index is 1.47. The van der Waals surface area contributed by atoms with Gasteiger partial charge in [-0.3, -0.25) is 19.0 Å². The van der Waals surface area contributed by atoms with Crippen molar-refractivity contribution in [3.8, 4) is 0 Å². The Hall–Kier alpha value is -3.27. The van der Waals surface area contributed by atoms with E-state index in [9.17, 15) is 14.4 Å². The minimum Gasteiger partial charge on any atom is -0.354 e. The molecule has 0 saturated carbocycles. The molecular weight excluding hydrogens is 452 g/mol. The van der Waals surface area contributed by atoms with Crippen LogP contribution in [-0.2, 0) is 22.6 Å². The fraction of sp³-hybridized carbons (Fsp3) is 0.458. The molecule has 34 heavy (non-hydrogen) atoms. The Labute approximate surface area is 202 Å². The average Bonchev–Trinajstić information content (AvgIpc) is 3.26. The highest BCUT2D eigenvalue weighted by Crippen LogP contribution is 2.29. The Morgan fingerprint density at radius 1 is 1.24 bits per heavy atom. The molecule has 0 radical (unpaired) electrons. The van der Waals surface area contributed by atoms with Gasteiger partial charge in [0, 0.05) is 24.8 Å². The van der Waals surface area contributed by atoms with Crippen molar-refractivity contribution in [2.24, 2.45) is 5.92 Å². The van der Waals surface area contributed by atoms with Gasteiger partial charge in [-0.05, 0) is 50.8 Å². The van der Waals surface area contributed by atoms with Crippen molar-refractivity contribution in [2.45, 2.75) is 52.6 Å². The summed E-state index contributed by atoms with van der Waals surface area (Å²) in [6, 6.07) is 7.73. The number of nitrogens with one attached hydrogen (secondary N) is 2. The van der Waals surface area contributed by atoms with Crippen LogP contribution >= 0.6 is 11.3 Å². The van der Waals surface area contributed by atoms with E-state index < -0.39 is 0 Å². The van der Waals surface area contributed by atoms with Crippen molar-refractivity contribution in [1.82, 2.24) is 19.9 Å². The van der Waals surface area contributed by atoms with E-state index in [1.807, 2.05) is 38.1 Å². The minimum atomic E-state index is -0.299. The molecule has 9 nitrogen and oxygen atoms in total. The highest BCUT2D eigenvalue weighted by Gasteiger charge is 2.28. The molecule has 3 aromatic rings. The molecule has 180 valence electrons. The largest absolute Gasteiger partial charge is 0.354 e. The van der Waals surface area contributed by atoms with Crippen LogP contribution in [0.2, 0.25) is 0 Å². The minimum absolute atomic E-state index is 0.0524. The number of carbonyl (C=O) groups excluding carboxylic acids is 2. The molecule has 0 spiro atoms. The van der Waals surface area contributed by atoms with Crippen LogP contribution in [0.3, 0.4) is 0 Å². The topological polar surface area (TPSA) is 109 Å². The normalized spacial score (nSPS) is 16.1. The first-order chi connectivity index (χ1) is 16.3. The summed E-state index contributed by atoms with van der Waals surface area (Å²) in [5, 5.41) is 6.48. The molecule has 1 aromatic carbocycles. The quantitative estimate of drug-likeness (QED) is 0.536. The van der Waals surface area contributed by atoms with Crippen molar-refractivity contribution in [2.75, 3.05) is 23.3 Å². The zero-order valence-corrected chi connectivity index (χ0v) is 20.5. The monoisotopic (exact) mass is 482 g/mol. The summed E-state index contributed by atoms with van der Waals surface area (Å²) in [7, 11) is 0. The van der Waals surface area contributed by atoms with Crippen LogP contribution in [0.5, 0.6) is 0 Å². The summed E-state index contributed by atoms with van der Waals surface area (Å²) in [5.74, 6) is -0.355. The molecule has 1 aliphatic heterocycles. The van der Waals surface area contributed by atoms with E-state index in [0.717, 1.165) is 25.8 Å². The first-order valence-corrected chi connectivity index (χ1v) is 12.5. The fourth-order valence-electron chi connectivity index (χ4n) is 4.03. The van der Waals surface area contributed by atoms with E-state index in [0.29, 0.717) is 27.7 Å². The van der Waals surface area contributed by atoms with Gasteiger partial charge in [0.1, 0.15) is 17.6 Å². The summed E-state index contributed by atoms with van der Waals surface area (Å²) >= 11 is 1.26. The smallest absolute Gasteiger partial charge is 0.273 e. The average molecular weight is 483 g/mol. The summed E-state index contributed by atoms with van der Waals surface area (Å²) in [6.07, 6.45) is 4.00. The van der Waals surface area contributed by atoms with Crippen LogP contribution in [0, 0.1) is 5.92 Å². The number of rotatable bonds is 7. The second kappa shape index (κ2) is 10.3. The van der Waals surface area contributed by atoms with E-state index in [4.69, 9.17) is 0 Å². The number of thiazole rings is 1. The van der Waals surface area contributed by atoms with Gasteiger partial charge in [-0.25, -0.2) is 4.98 Å². The zero-order valence-electron chi connectivity index (χ0n) is 19.7. The Kier molecular flexibility index (Phi) is 7.26. The highest BCUT2D eigenvalue weighted by atomic mass is 32.1. The molecule has 1 aliphatic rings. The second-order valence-corrected chi connectivity index (χ2v) is 9.85. The summed E-state index contributed by atoms with van der Waals surface area (Å²) in [5.41, 5.74) is 1.94. The predicted octanol–water partition coefficient (Wildman–Crippen LogP) is 2.80. The number of anilines is 2. The molecular formula is C24H30N6O3S. The van der Waals surface area contributed by atoms with E-state index >= 15 is 0 Å². The van der Waals surface area contributed by atoms with Gasteiger partial charge in [-0.2, -0.15) is 4.98 Å². The molecule has 1 fully saturated rings. The molecule has 4 rings (SSSR count). The predicted molar refractivity (Wildman–Crippen MR) is 134 cm³/mol. The van der Waals surface area contributed by atoms with Crippen LogP contribution in [0.1, 0.15) is 39.2 Å². The number of hydrogen-bond acceptors (Lipinski definition) is 7. The number of aryl methyl sites for hydroxylation is 1. The van der Waals surface area contributed by atoms with Crippen molar-refractivity contribution < 1.29 is 9.59 Å². The number of fused-ring (bicyclic) bond motifs is 1. The molecule has 10 heteroatoms. The van der Waals surface area contributed by atoms with E-state index in [1.54, 1.807) is 0 Å². The van der Waals surface area contributed by atoms with Crippen molar-refractivity contribution in [3.63, 3.8) is 0 Å². The lowest BCUT2D eigenvalue weighted by molar-refractivity contribution is -0.125. The van der Waals surface area contributed by atoms with Gasteiger partial charge in [0.15, 0.2) is 10.8 Å². The van der Waals surface area contributed by atoms with Crippen molar-refractivity contribution in [1.29, 1.82) is 0 Å². The molecule has 2 aromatic heterocycles. The lowest BCUT2D eigenvalue weighted by Gasteiger charge is -2.32. The third kappa shape index (κ3) is 5.44. The number of piperidine rings is 1. The Morgan fingerprint density at radius 2 is 2.00 bits per heavy atom. The van der Waals surface area contributed by atoms with Gasteiger partial charge >= 0.3 is 0 Å². The highest BCUT2D eigenvalue weighted by molar-refractivity contribution is 7.22. The van der Waals surface area contributed by atoms with Crippen molar-refractivity contribution in [3.05, 3.63) is 46.5 Å². The number of carbonyl (C=O) groups is 2. The standard InChI is InChI=1S/C24H30N6O3S/c1-4-16-7-9-18(10-8-16)27-19(31)13-30-14-25-21-20(23(30)33)34-24(28-21)29-11-5-6-17(12-29)22(32)26-15(2)3/h7-10,14-15,17H,4-6,11-13H2,1-3H3,(H,26,32)(H,27,31). The molecule has 1 atom stereocenters. The van der Waals surface area contributed by atoms with Gasteiger partial charge in [0.05, 0.1) is 5.92 Å². The lowest BCUT2D eigenvalue weighted by Crippen LogP contribution is -2.44. The van der Waals surface area contributed by atoms with Crippen LogP contribution < -0.4 is 21.1 Å². The van der Waals surface area contributed by atoms with E-state index in [2.05, 4.69) is 32.4 Å². The second-order valence-electron chi connectivity index (χ2n) is 8.87. The Morgan fingerprint density at radius 3 is 2.71 bits per heavy atom. The SMILES string of the molecule is CCc1ccc(NC(=O)Cn2cnc3nc(N4CCCC(C(=O)NC(C)C)C4)sc3c2=O)cc1. The van der Waals surface area contributed by atoms with Gasteiger partial charge < -0.3 is 15.5 Å². The molecule has 1 unspecified atom stereocenters. The summed E-state index contributed by atoms with van der Waals surface area (Å²) < 4.78 is 1.71. The number of benzene rings is 1. The third-order valence-corrected chi connectivity index (χ3v) is 6.92. The number of amides is 2. The number of hydrogen-bond donors (Lipinski definition) is 2. The van der Waals surface area contributed by atoms with Crippen LogP contribution in [0.15, 0.2) is 35.4 Å². The first kappa shape index (κ1) is 23.9. The summed E-state index contributed by atoms with van der Waals surface area (Å²) in [6.45, 7) is 7.17. The fourth-order valence-corrected chi connectivity index (χ4v) is 5.03. The maximum atomic E-state index is 13.0. The van der Waals surface area contributed by atoms with Crippen LogP contribution in [-0.4, -0.2) is 45.5 Å². The van der Waals surface area contributed by atoms with Crippen molar-refractivity contribution >= 4 is 44.3 Å². The van der Waals surface area contributed by atoms with E-state index in [1.165, 1.54) is 27.8 Å². The molecule has 3 heterocycles. The number of nitrogens with zero attached hydrogens (tertiary/aromatic N) is 4. The molecule has 0 aliphatic carbocycles. The Bertz CT molecular complexity index is 1230. The first-order valence-electron chi connectivity index (χ1n) is 11.6. The molecule has 2 amide bonds. The van der Waals surface area contributed by atoms with E-state index in [-0.39, 0.29) is 35.9 Å².